The molecule has 0 bridgehead atoms. The molecule has 0 aliphatic heterocycles. The third-order valence-electron chi connectivity index (χ3n) is 10.4. The van der Waals surface area contributed by atoms with E-state index in [1.54, 1.807) is 0 Å². The van der Waals surface area contributed by atoms with Gasteiger partial charge in [0.05, 0.1) is 0 Å². The van der Waals surface area contributed by atoms with Crippen LogP contribution < -0.4 is 0 Å². The first-order valence-corrected chi connectivity index (χ1v) is 16.1. The van der Waals surface area contributed by atoms with E-state index in [1.165, 1.54) is 82.2 Å². The Morgan fingerprint density at radius 2 is 0.978 bits per heavy atom. The summed E-state index contributed by atoms with van der Waals surface area (Å²) in [6, 6.07) is 53.4. The van der Waals surface area contributed by atoms with Crippen LogP contribution in [0.1, 0.15) is 25.0 Å². The van der Waals surface area contributed by atoms with Gasteiger partial charge in [-0.2, -0.15) is 0 Å². The Bertz CT molecular complexity index is 2660. The van der Waals surface area contributed by atoms with Crippen LogP contribution in [0.3, 0.4) is 0 Å². The number of rotatable bonds is 2. The molecule has 0 fully saturated rings. The number of benzene rings is 8. The van der Waals surface area contributed by atoms with Gasteiger partial charge in [0.25, 0.3) is 0 Å². The van der Waals surface area contributed by atoms with Crippen LogP contribution in [0, 0.1) is 0 Å². The highest BCUT2D eigenvalue weighted by molar-refractivity contribution is 6.25. The summed E-state index contributed by atoms with van der Waals surface area (Å²) in [5.74, 6) is 0. The molecule has 1 aliphatic carbocycles. The summed E-state index contributed by atoms with van der Waals surface area (Å²) in [4.78, 5) is 0. The molecule has 0 unspecified atom stereocenters. The first kappa shape index (κ1) is 25.6. The average molecular weight is 587 g/mol. The lowest BCUT2D eigenvalue weighted by Crippen LogP contribution is -2.15. The Labute approximate surface area is 267 Å². The lowest BCUT2D eigenvalue weighted by atomic mass is 9.80. The molecule has 1 aromatic heterocycles. The Balaban J connectivity index is 1.27. The molecule has 0 atom stereocenters. The fourth-order valence-corrected chi connectivity index (χ4v) is 8.29. The molecule has 0 radical (unpaired) electrons. The summed E-state index contributed by atoms with van der Waals surface area (Å²) in [5.41, 5.74) is 12.3. The van der Waals surface area contributed by atoms with E-state index < -0.39 is 0 Å². The highest BCUT2D eigenvalue weighted by Gasteiger charge is 2.36. The normalized spacial score (nSPS) is 13.6. The van der Waals surface area contributed by atoms with Crippen molar-refractivity contribution in [2.75, 3.05) is 0 Å². The smallest absolute Gasteiger partial charge is 0.136 e. The highest BCUT2D eigenvalue weighted by Crippen LogP contribution is 2.52. The highest BCUT2D eigenvalue weighted by atomic mass is 16.3. The molecule has 1 heteroatoms. The largest absolute Gasteiger partial charge is 0.456 e. The lowest BCUT2D eigenvalue weighted by molar-refractivity contribution is 0.661. The van der Waals surface area contributed by atoms with E-state index in [0.717, 1.165) is 16.6 Å². The maximum Gasteiger partial charge on any atom is 0.136 e. The van der Waals surface area contributed by atoms with Crippen LogP contribution in [0.5, 0.6) is 0 Å². The van der Waals surface area contributed by atoms with Crippen LogP contribution in [0.15, 0.2) is 150 Å². The van der Waals surface area contributed by atoms with Gasteiger partial charge < -0.3 is 4.42 Å². The van der Waals surface area contributed by atoms with Gasteiger partial charge >= 0.3 is 0 Å². The van der Waals surface area contributed by atoms with E-state index in [2.05, 4.69) is 153 Å². The zero-order valence-corrected chi connectivity index (χ0v) is 25.8. The standard InChI is InChI=1S/C45H30O/c1-45(2)38-26-29(22-23-30(38)37-24-27-12-3-4-13-28(27)25-39(37)45)42-31-14-5-7-16-33(31)43(34-17-8-6-15-32(34)42)36-19-11-21-41-44(36)35-18-9-10-20-40(35)46-41/h3-26H,1-2H3. The molecular weight excluding hydrogens is 556 g/mol. The van der Waals surface area contributed by atoms with Gasteiger partial charge in [-0.15, -0.1) is 0 Å². The second-order valence-electron chi connectivity index (χ2n) is 13.2. The topological polar surface area (TPSA) is 13.1 Å². The van der Waals surface area contributed by atoms with E-state index in [4.69, 9.17) is 4.42 Å². The summed E-state index contributed by atoms with van der Waals surface area (Å²) in [6.07, 6.45) is 0. The van der Waals surface area contributed by atoms with Gasteiger partial charge in [0.1, 0.15) is 11.2 Å². The number of furan rings is 1. The van der Waals surface area contributed by atoms with Crippen molar-refractivity contribution in [2.24, 2.45) is 0 Å². The molecule has 1 heterocycles. The number of para-hydroxylation sites is 1. The molecular formula is C45H30O. The first-order valence-electron chi connectivity index (χ1n) is 16.1. The van der Waals surface area contributed by atoms with Crippen LogP contribution >= 0.6 is 0 Å². The molecule has 0 spiro atoms. The van der Waals surface area contributed by atoms with Crippen LogP contribution in [0.2, 0.25) is 0 Å². The van der Waals surface area contributed by atoms with Gasteiger partial charge in [-0.1, -0.05) is 129 Å². The van der Waals surface area contributed by atoms with Crippen molar-refractivity contribution in [3.05, 3.63) is 157 Å². The maximum absolute atomic E-state index is 6.35. The van der Waals surface area contributed by atoms with Crippen LogP contribution in [-0.2, 0) is 5.41 Å². The van der Waals surface area contributed by atoms with Gasteiger partial charge in [0.15, 0.2) is 0 Å². The molecule has 8 aromatic carbocycles. The Morgan fingerprint density at radius 3 is 1.70 bits per heavy atom. The average Bonchev–Trinajstić information content (AvgIpc) is 3.58. The third kappa shape index (κ3) is 3.40. The van der Waals surface area contributed by atoms with Gasteiger partial charge in [-0.25, -0.2) is 0 Å². The van der Waals surface area contributed by atoms with E-state index >= 15 is 0 Å². The minimum absolute atomic E-state index is 0.103. The number of hydrogen-bond acceptors (Lipinski definition) is 1. The SMILES string of the molecule is CC1(C)c2cc(-c3c4ccccc4c(-c4cccc5oc6ccccc6c45)c4ccccc34)ccc2-c2cc3ccccc3cc21. The van der Waals surface area contributed by atoms with Crippen molar-refractivity contribution in [1.29, 1.82) is 0 Å². The monoisotopic (exact) mass is 586 g/mol. The summed E-state index contributed by atoms with van der Waals surface area (Å²) in [6.45, 7) is 4.76. The summed E-state index contributed by atoms with van der Waals surface area (Å²) in [5, 5.41) is 9.95. The summed E-state index contributed by atoms with van der Waals surface area (Å²) in [7, 11) is 0. The van der Waals surface area contributed by atoms with Gasteiger partial charge in [0, 0.05) is 16.2 Å². The van der Waals surface area contributed by atoms with Crippen molar-refractivity contribution in [3.8, 4) is 33.4 Å². The van der Waals surface area contributed by atoms with Crippen molar-refractivity contribution in [3.63, 3.8) is 0 Å². The molecule has 1 aliphatic rings. The molecule has 10 rings (SSSR count). The summed E-state index contributed by atoms with van der Waals surface area (Å²) < 4.78 is 6.35. The van der Waals surface area contributed by atoms with Gasteiger partial charge in [-0.05, 0) is 107 Å². The molecule has 0 N–H and O–H groups in total. The molecule has 216 valence electrons. The van der Waals surface area contributed by atoms with Crippen molar-refractivity contribution >= 4 is 54.3 Å². The Kier molecular flexibility index (Phi) is 5.12. The zero-order chi connectivity index (χ0) is 30.6. The van der Waals surface area contributed by atoms with Crippen LogP contribution in [0.25, 0.3) is 87.6 Å². The maximum atomic E-state index is 6.35. The predicted molar refractivity (Wildman–Crippen MR) is 195 cm³/mol. The Hall–Kier alpha value is -5.66. The van der Waals surface area contributed by atoms with E-state index in [9.17, 15) is 0 Å². The second-order valence-corrected chi connectivity index (χ2v) is 13.2. The number of fused-ring (bicyclic) bond motifs is 9. The third-order valence-corrected chi connectivity index (χ3v) is 10.4. The van der Waals surface area contributed by atoms with E-state index in [-0.39, 0.29) is 5.41 Å². The Morgan fingerprint density at radius 1 is 0.413 bits per heavy atom. The molecule has 0 saturated heterocycles. The van der Waals surface area contributed by atoms with E-state index in [0.29, 0.717) is 0 Å². The first-order chi connectivity index (χ1) is 22.6. The molecule has 0 amide bonds. The molecule has 46 heavy (non-hydrogen) atoms. The molecule has 0 saturated carbocycles. The van der Waals surface area contributed by atoms with Gasteiger partial charge in [-0.3, -0.25) is 0 Å². The minimum atomic E-state index is -0.103. The van der Waals surface area contributed by atoms with Crippen molar-refractivity contribution in [1.82, 2.24) is 0 Å². The molecule has 1 nitrogen and oxygen atoms in total. The quantitative estimate of drug-likeness (QED) is 0.184. The van der Waals surface area contributed by atoms with Crippen LogP contribution in [0.4, 0.5) is 0 Å². The van der Waals surface area contributed by atoms with Crippen molar-refractivity contribution in [2.45, 2.75) is 19.3 Å². The lowest BCUT2D eigenvalue weighted by Gasteiger charge is -2.23. The minimum Gasteiger partial charge on any atom is -0.456 e. The predicted octanol–water partition coefficient (Wildman–Crippen LogP) is 12.7. The zero-order valence-electron chi connectivity index (χ0n) is 25.8. The van der Waals surface area contributed by atoms with E-state index in [1.807, 2.05) is 6.07 Å². The van der Waals surface area contributed by atoms with Crippen LogP contribution in [-0.4, -0.2) is 0 Å². The fraction of sp³-hybridized carbons (Fsp3) is 0.0667. The molecule has 9 aromatic rings. The van der Waals surface area contributed by atoms with Crippen molar-refractivity contribution < 1.29 is 4.42 Å². The fourth-order valence-electron chi connectivity index (χ4n) is 8.29. The van der Waals surface area contributed by atoms with Gasteiger partial charge in [0.2, 0.25) is 0 Å². The number of hydrogen-bond donors (Lipinski definition) is 0. The second kappa shape index (κ2) is 9.19. The summed E-state index contributed by atoms with van der Waals surface area (Å²) >= 11 is 0.